The number of carbonyl (C=O) groups is 2. The highest BCUT2D eigenvalue weighted by molar-refractivity contribution is 6.01. The molecule has 0 fully saturated rings. The average molecular weight is 284 g/mol. The van der Waals surface area contributed by atoms with Gasteiger partial charge in [0.05, 0.1) is 0 Å². The molecule has 0 aromatic heterocycles. The van der Waals surface area contributed by atoms with Crippen LogP contribution in [0.15, 0.2) is 42.5 Å². The fraction of sp³-hybridized carbons (Fsp3) is 0.176. The van der Waals surface area contributed by atoms with Gasteiger partial charge in [-0.25, -0.2) is 4.79 Å². The highest BCUT2D eigenvalue weighted by Gasteiger charge is 2.19. The van der Waals surface area contributed by atoms with Crippen LogP contribution in [0, 0.1) is 6.92 Å². The Bertz CT molecular complexity index is 675. The molecular weight excluding hydrogens is 268 g/mol. The van der Waals surface area contributed by atoms with Gasteiger partial charge in [-0.05, 0) is 37.1 Å². The molecule has 0 heterocycles. The number of hydrogen-bond acceptors (Lipinski definition) is 3. The van der Waals surface area contributed by atoms with E-state index in [0.29, 0.717) is 11.1 Å². The lowest BCUT2D eigenvalue weighted by Crippen LogP contribution is -2.09. The number of benzene rings is 2. The molecule has 21 heavy (non-hydrogen) atoms. The van der Waals surface area contributed by atoms with Crippen LogP contribution < -0.4 is 4.74 Å². The van der Waals surface area contributed by atoms with Crippen LogP contribution in [0.25, 0.3) is 0 Å². The van der Waals surface area contributed by atoms with Crippen molar-refractivity contribution >= 4 is 11.8 Å². The molecule has 2 aromatic carbocycles. The third-order valence-corrected chi connectivity index (χ3v) is 3.26. The quantitative estimate of drug-likeness (QED) is 0.854. The Hall–Kier alpha value is -2.62. The third-order valence-electron chi connectivity index (χ3n) is 3.26. The first-order valence-electron chi connectivity index (χ1n) is 6.55. The number of carboxylic acid groups (broad SMARTS) is 1. The van der Waals surface area contributed by atoms with Crippen LogP contribution in [-0.4, -0.2) is 16.9 Å². The van der Waals surface area contributed by atoms with Gasteiger partial charge in [0.15, 0.2) is 5.78 Å². The van der Waals surface area contributed by atoms with E-state index in [2.05, 4.69) is 0 Å². The predicted molar refractivity (Wildman–Crippen MR) is 78.9 cm³/mol. The van der Waals surface area contributed by atoms with Gasteiger partial charge in [-0.2, -0.15) is 0 Å². The molecule has 4 nitrogen and oxygen atoms in total. The number of aromatic carboxylic acids is 1. The maximum absolute atomic E-state index is 11.5. The van der Waals surface area contributed by atoms with Gasteiger partial charge >= 0.3 is 5.97 Å². The SMILES string of the molecule is CC(=O)c1ccc(OCc2ccccc2)c(C(=O)O)c1C. The summed E-state index contributed by atoms with van der Waals surface area (Å²) >= 11 is 0. The van der Waals surface area contributed by atoms with Crippen LogP contribution in [0.5, 0.6) is 5.75 Å². The molecule has 0 unspecified atom stereocenters. The van der Waals surface area contributed by atoms with E-state index in [1.807, 2.05) is 30.3 Å². The zero-order chi connectivity index (χ0) is 15.4. The standard InChI is InChI=1S/C17H16O4/c1-11-14(12(2)18)8-9-15(16(11)17(19)20)21-10-13-6-4-3-5-7-13/h3-9H,10H2,1-2H3,(H,19,20). The largest absolute Gasteiger partial charge is 0.488 e. The van der Waals surface area contributed by atoms with Gasteiger partial charge < -0.3 is 9.84 Å². The molecule has 0 atom stereocenters. The van der Waals surface area contributed by atoms with E-state index in [1.54, 1.807) is 13.0 Å². The maximum Gasteiger partial charge on any atom is 0.339 e. The van der Waals surface area contributed by atoms with E-state index in [4.69, 9.17) is 4.74 Å². The minimum absolute atomic E-state index is 0.0404. The van der Waals surface area contributed by atoms with Crippen molar-refractivity contribution in [3.63, 3.8) is 0 Å². The van der Waals surface area contributed by atoms with Gasteiger partial charge in [-0.15, -0.1) is 0 Å². The molecule has 0 aliphatic heterocycles. The molecule has 0 spiro atoms. The zero-order valence-corrected chi connectivity index (χ0v) is 11.9. The molecular formula is C17H16O4. The van der Waals surface area contributed by atoms with Crippen molar-refractivity contribution < 1.29 is 19.4 Å². The number of ether oxygens (including phenoxy) is 1. The molecule has 2 rings (SSSR count). The van der Waals surface area contributed by atoms with E-state index in [-0.39, 0.29) is 23.7 Å². The fourth-order valence-corrected chi connectivity index (χ4v) is 2.19. The molecule has 1 N–H and O–H groups in total. The summed E-state index contributed by atoms with van der Waals surface area (Å²) in [7, 11) is 0. The molecule has 0 aliphatic carbocycles. The Morgan fingerprint density at radius 2 is 1.76 bits per heavy atom. The van der Waals surface area contributed by atoms with Crippen LogP contribution in [0.3, 0.4) is 0 Å². The Kier molecular flexibility index (Phi) is 4.38. The van der Waals surface area contributed by atoms with E-state index < -0.39 is 5.97 Å². The topological polar surface area (TPSA) is 63.6 Å². The van der Waals surface area contributed by atoms with E-state index in [0.717, 1.165) is 5.56 Å². The summed E-state index contributed by atoms with van der Waals surface area (Å²) in [5, 5.41) is 9.36. The number of hydrogen-bond donors (Lipinski definition) is 1. The summed E-state index contributed by atoms with van der Waals surface area (Å²) in [5.74, 6) is -0.989. The molecule has 108 valence electrons. The van der Waals surface area contributed by atoms with Crippen molar-refractivity contribution in [1.82, 2.24) is 0 Å². The zero-order valence-electron chi connectivity index (χ0n) is 11.9. The lowest BCUT2D eigenvalue weighted by Gasteiger charge is -2.13. The van der Waals surface area contributed by atoms with Crippen LogP contribution in [0.4, 0.5) is 0 Å². The Balaban J connectivity index is 2.33. The van der Waals surface area contributed by atoms with Gasteiger partial charge in [0, 0.05) is 5.56 Å². The van der Waals surface area contributed by atoms with E-state index in [1.165, 1.54) is 13.0 Å². The van der Waals surface area contributed by atoms with Crippen molar-refractivity contribution in [3.05, 3.63) is 64.7 Å². The smallest absolute Gasteiger partial charge is 0.339 e. The van der Waals surface area contributed by atoms with Crippen LogP contribution >= 0.6 is 0 Å². The second kappa shape index (κ2) is 6.22. The van der Waals surface area contributed by atoms with Crippen molar-refractivity contribution in [2.24, 2.45) is 0 Å². The number of rotatable bonds is 5. The minimum atomic E-state index is -1.10. The lowest BCUT2D eigenvalue weighted by molar-refractivity contribution is 0.0691. The summed E-state index contributed by atoms with van der Waals surface area (Å²) in [4.78, 5) is 22.9. The van der Waals surface area contributed by atoms with Gasteiger partial charge in [0.1, 0.15) is 17.9 Å². The summed E-state index contributed by atoms with van der Waals surface area (Å²) < 4.78 is 5.61. The first kappa shape index (κ1) is 14.8. The maximum atomic E-state index is 11.5. The normalized spacial score (nSPS) is 10.2. The average Bonchev–Trinajstić information content (AvgIpc) is 2.45. The van der Waals surface area contributed by atoms with Crippen molar-refractivity contribution in [3.8, 4) is 5.75 Å². The van der Waals surface area contributed by atoms with E-state index in [9.17, 15) is 14.7 Å². The predicted octanol–water partition coefficient (Wildman–Crippen LogP) is 3.47. The molecule has 0 amide bonds. The summed E-state index contributed by atoms with van der Waals surface area (Å²) in [6.45, 7) is 3.31. The summed E-state index contributed by atoms with van der Waals surface area (Å²) in [6, 6.07) is 12.6. The van der Waals surface area contributed by atoms with Crippen LogP contribution in [-0.2, 0) is 6.61 Å². The lowest BCUT2D eigenvalue weighted by atomic mass is 9.99. The highest BCUT2D eigenvalue weighted by Crippen LogP contribution is 2.26. The summed E-state index contributed by atoms with van der Waals surface area (Å²) in [5.41, 5.74) is 1.82. The molecule has 0 aliphatic rings. The number of Topliss-reactive ketones (excluding diaryl/α,β-unsaturated/α-hetero) is 1. The first-order valence-corrected chi connectivity index (χ1v) is 6.55. The van der Waals surface area contributed by atoms with Crippen molar-refractivity contribution in [2.45, 2.75) is 20.5 Å². The Morgan fingerprint density at radius 1 is 1.10 bits per heavy atom. The van der Waals surface area contributed by atoms with Crippen molar-refractivity contribution in [2.75, 3.05) is 0 Å². The summed E-state index contributed by atoms with van der Waals surface area (Å²) in [6.07, 6.45) is 0. The van der Waals surface area contributed by atoms with Crippen LogP contribution in [0.1, 0.15) is 38.8 Å². The third kappa shape index (κ3) is 3.28. The van der Waals surface area contributed by atoms with Gasteiger partial charge in [0.2, 0.25) is 0 Å². The van der Waals surface area contributed by atoms with Crippen molar-refractivity contribution in [1.29, 1.82) is 0 Å². The number of carboxylic acids is 1. The molecule has 0 bridgehead atoms. The highest BCUT2D eigenvalue weighted by atomic mass is 16.5. The fourth-order valence-electron chi connectivity index (χ4n) is 2.19. The monoisotopic (exact) mass is 284 g/mol. The Morgan fingerprint density at radius 3 is 2.33 bits per heavy atom. The van der Waals surface area contributed by atoms with Gasteiger partial charge in [-0.3, -0.25) is 4.79 Å². The minimum Gasteiger partial charge on any atom is -0.488 e. The Labute approximate surface area is 123 Å². The number of ketones is 1. The molecule has 4 heteroatoms. The first-order chi connectivity index (χ1) is 10.0. The number of carbonyl (C=O) groups excluding carboxylic acids is 1. The van der Waals surface area contributed by atoms with Gasteiger partial charge in [0.25, 0.3) is 0 Å². The molecule has 0 saturated heterocycles. The van der Waals surface area contributed by atoms with Crippen LogP contribution in [0.2, 0.25) is 0 Å². The van der Waals surface area contributed by atoms with Gasteiger partial charge in [-0.1, -0.05) is 30.3 Å². The second-order valence-corrected chi connectivity index (χ2v) is 4.75. The molecule has 0 radical (unpaired) electrons. The molecule has 0 saturated carbocycles. The second-order valence-electron chi connectivity index (χ2n) is 4.75. The molecule has 2 aromatic rings. The van der Waals surface area contributed by atoms with E-state index >= 15 is 0 Å².